The lowest BCUT2D eigenvalue weighted by atomic mass is 9.70. The average Bonchev–Trinajstić information content (AvgIpc) is 2.88. The van der Waals surface area contributed by atoms with Gasteiger partial charge in [0.15, 0.2) is 0 Å². The number of hydroxylamine groups is 2. The number of hydrogen-bond acceptors (Lipinski definition) is 5. The van der Waals surface area contributed by atoms with Crippen molar-refractivity contribution in [2.45, 2.75) is 39.7 Å². The zero-order chi connectivity index (χ0) is 19.2. The third-order valence-corrected chi connectivity index (χ3v) is 7.24. The summed E-state index contributed by atoms with van der Waals surface area (Å²) in [6.07, 6.45) is 5.54. The fourth-order valence-electron chi connectivity index (χ4n) is 4.65. The molecular formula is C19H25NO5S. The molecule has 0 saturated heterocycles. The molecule has 1 unspecified atom stereocenters. The molecule has 3 aliphatic rings. The third-order valence-electron chi connectivity index (χ3n) is 6.38. The molecule has 2 N–H and O–H groups in total. The molecule has 1 aliphatic heterocycles. The fourth-order valence-corrected chi connectivity index (χ4v) is 5.95. The summed E-state index contributed by atoms with van der Waals surface area (Å²) in [4.78, 5) is 11.9. The first-order chi connectivity index (χ1) is 12.1. The van der Waals surface area contributed by atoms with E-state index < -0.39 is 21.3 Å². The SMILES string of the molecule is CC1(C)C2CC[C@@]1(CS(=O)(=O)O)C(=O)C2.ON1C=Cc2ccccc2C1. The molecule has 2 saturated carbocycles. The van der Waals surface area contributed by atoms with E-state index in [4.69, 9.17) is 9.76 Å². The molecule has 2 fully saturated rings. The number of fused-ring (bicyclic) bond motifs is 3. The van der Waals surface area contributed by atoms with E-state index in [0.717, 1.165) is 12.0 Å². The monoisotopic (exact) mass is 379 g/mol. The maximum Gasteiger partial charge on any atom is 0.265 e. The molecule has 6 nitrogen and oxygen atoms in total. The molecule has 7 heteroatoms. The van der Waals surface area contributed by atoms with Crippen molar-refractivity contribution in [3.05, 3.63) is 41.6 Å². The highest BCUT2D eigenvalue weighted by atomic mass is 32.2. The van der Waals surface area contributed by atoms with Gasteiger partial charge in [-0.2, -0.15) is 8.42 Å². The van der Waals surface area contributed by atoms with E-state index in [1.54, 1.807) is 6.20 Å². The van der Waals surface area contributed by atoms with E-state index in [-0.39, 0.29) is 17.1 Å². The number of nitrogens with zero attached hydrogens (tertiary/aromatic N) is 1. The zero-order valence-electron chi connectivity index (χ0n) is 15.1. The first-order valence-corrected chi connectivity index (χ1v) is 10.4. The van der Waals surface area contributed by atoms with Crippen molar-refractivity contribution in [3.63, 3.8) is 0 Å². The third kappa shape index (κ3) is 3.31. The van der Waals surface area contributed by atoms with Crippen molar-refractivity contribution in [3.8, 4) is 0 Å². The summed E-state index contributed by atoms with van der Waals surface area (Å²) < 4.78 is 31.0. The summed E-state index contributed by atoms with van der Waals surface area (Å²) in [5, 5.41) is 10.3. The summed E-state index contributed by atoms with van der Waals surface area (Å²) >= 11 is 0. The largest absolute Gasteiger partial charge is 0.299 e. The van der Waals surface area contributed by atoms with Gasteiger partial charge in [-0.15, -0.1) is 0 Å². The van der Waals surface area contributed by atoms with Gasteiger partial charge in [0.1, 0.15) is 5.78 Å². The highest BCUT2D eigenvalue weighted by Gasteiger charge is 2.65. The van der Waals surface area contributed by atoms with Gasteiger partial charge in [-0.05, 0) is 41.4 Å². The van der Waals surface area contributed by atoms with Crippen LogP contribution in [0.4, 0.5) is 0 Å². The Labute approximate surface area is 154 Å². The lowest BCUT2D eigenvalue weighted by Gasteiger charge is -2.35. The van der Waals surface area contributed by atoms with Gasteiger partial charge in [0, 0.05) is 12.6 Å². The van der Waals surface area contributed by atoms with Gasteiger partial charge in [-0.3, -0.25) is 19.6 Å². The molecule has 142 valence electrons. The Morgan fingerprint density at radius 3 is 2.54 bits per heavy atom. The van der Waals surface area contributed by atoms with Crippen molar-refractivity contribution in [1.82, 2.24) is 5.06 Å². The Hall–Kier alpha value is -1.70. The van der Waals surface area contributed by atoms with Crippen LogP contribution < -0.4 is 0 Å². The van der Waals surface area contributed by atoms with E-state index in [2.05, 4.69) is 0 Å². The minimum Gasteiger partial charge on any atom is -0.299 e. The van der Waals surface area contributed by atoms with Crippen LogP contribution in [0.15, 0.2) is 30.5 Å². The minimum absolute atomic E-state index is 0.0152. The molecule has 0 radical (unpaired) electrons. The molecule has 4 rings (SSSR count). The van der Waals surface area contributed by atoms with Crippen molar-refractivity contribution < 1.29 is 23.0 Å². The molecule has 2 aliphatic carbocycles. The number of benzene rings is 1. The normalized spacial score (nSPS) is 28.5. The maximum absolute atomic E-state index is 11.9. The van der Waals surface area contributed by atoms with Crippen molar-refractivity contribution in [2.75, 3.05) is 5.75 Å². The first kappa shape index (κ1) is 19.1. The number of Topliss-reactive ketones (excluding diaryl/α,β-unsaturated/α-hetero) is 1. The Bertz CT molecular complexity index is 845. The Kier molecular flexibility index (Phi) is 4.75. The van der Waals surface area contributed by atoms with Gasteiger partial charge in [0.25, 0.3) is 10.1 Å². The highest BCUT2D eigenvalue weighted by Crippen LogP contribution is 2.64. The van der Waals surface area contributed by atoms with Crippen LogP contribution in [-0.2, 0) is 21.5 Å². The Balaban J connectivity index is 0.000000158. The molecule has 2 atom stereocenters. The lowest BCUT2D eigenvalue weighted by molar-refractivity contribution is -0.128. The summed E-state index contributed by atoms with van der Waals surface area (Å²) in [5.74, 6) is -0.101. The van der Waals surface area contributed by atoms with Gasteiger partial charge < -0.3 is 0 Å². The lowest BCUT2D eigenvalue weighted by Crippen LogP contribution is -2.42. The Morgan fingerprint density at radius 2 is 1.96 bits per heavy atom. The van der Waals surface area contributed by atoms with Crippen LogP contribution >= 0.6 is 0 Å². The molecule has 0 spiro atoms. The molecule has 0 aromatic heterocycles. The van der Waals surface area contributed by atoms with Crippen molar-refractivity contribution in [2.24, 2.45) is 16.7 Å². The number of carbonyl (C=O) groups is 1. The Morgan fingerprint density at radius 1 is 1.27 bits per heavy atom. The van der Waals surface area contributed by atoms with Crippen LogP contribution in [0.2, 0.25) is 0 Å². The number of hydrogen-bond donors (Lipinski definition) is 2. The molecule has 2 bridgehead atoms. The molecule has 1 aromatic rings. The minimum atomic E-state index is -4.08. The topological polar surface area (TPSA) is 94.9 Å². The van der Waals surface area contributed by atoms with Gasteiger partial charge in [0.2, 0.25) is 0 Å². The summed E-state index contributed by atoms with van der Waals surface area (Å²) in [6.45, 7) is 4.48. The van der Waals surface area contributed by atoms with Crippen LogP contribution in [0.5, 0.6) is 0 Å². The second kappa shape index (κ2) is 6.48. The van der Waals surface area contributed by atoms with Crippen LogP contribution in [0.3, 0.4) is 0 Å². The zero-order valence-corrected chi connectivity index (χ0v) is 15.9. The smallest absolute Gasteiger partial charge is 0.265 e. The van der Waals surface area contributed by atoms with E-state index in [1.807, 2.05) is 44.2 Å². The maximum atomic E-state index is 11.9. The predicted molar refractivity (Wildman–Crippen MR) is 97.8 cm³/mol. The van der Waals surface area contributed by atoms with Gasteiger partial charge in [0.05, 0.1) is 17.7 Å². The van der Waals surface area contributed by atoms with Crippen molar-refractivity contribution in [1.29, 1.82) is 0 Å². The summed E-state index contributed by atoms with van der Waals surface area (Å²) in [7, 11) is -4.08. The van der Waals surface area contributed by atoms with Gasteiger partial charge in [-0.25, -0.2) is 0 Å². The standard InChI is InChI=1S/C10H16O4S.C9H9NO/c1-9(2)7-3-4-10(9,8(11)5-7)6-15(12,13)14;11-10-6-5-8-3-1-2-4-9(8)7-10/h7H,3-6H2,1-2H3,(H,12,13,14);1-6,11H,7H2/t7?,10-;/m1./s1. The number of rotatable bonds is 2. The number of ketones is 1. The predicted octanol–water partition coefficient (Wildman–Crippen LogP) is 3.13. The van der Waals surface area contributed by atoms with Gasteiger partial charge in [-0.1, -0.05) is 38.1 Å². The first-order valence-electron chi connectivity index (χ1n) is 8.75. The van der Waals surface area contributed by atoms with E-state index in [1.165, 1.54) is 10.6 Å². The van der Waals surface area contributed by atoms with Crippen LogP contribution in [0.1, 0.15) is 44.2 Å². The van der Waals surface area contributed by atoms with E-state index in [0.29, 0.717) is 19.4 Å². The summed E-state index contributed by atoms with van der Waals surface area (Å²) in [5.41, 5.74) is 1.24. The van der Waals surface area contributed by atoms with Crippen molar-refractivity contribution >= 4 is 22.0 Å². The summed E-state index contributed by atoms with van der Waals surface area (Å²) in [6, 6.07) is 8.03. The van der Waals surface area contributed by atoms with E-state index in [9.17, 15) is 13.2 Å². The molecule has 1 aromatic carbocycles. The van der Waals surface area contributed by atoms with Crippen LogP contribution in [0, 0.1) is 16.7 Å². The highest BCUT2D eigenvalue weighted by molar-refractivity contribution is 7.85. The average molecular weight is 379 g/mol. The molecule has 0 amide bonds. The fraction of sp³-hybridized carbons (Fsp3) is 0.526. The van der Waals surface area contributed by atoms with Gasteiger partial charge >= 0.3 is 0 Å². The van der Waals surface area contributed by atoms with E-state index >= 15 is 0 Å². The molecule has 1 heterocycles. The quantitative estimate of drug-likeness (QED) is 0.767. The second-order valence-corrected chi connectivity index (χ2v) is 9.46. The van der Waals surface area contributed by atoms with Crippen LogP contribution in [0.25, 0.3) is 6.08 Å². The number of carbonyl (C=O) groups excluding carboxylic acids is 1. The van der Waals surface area contributed by atoms with Crippen LogP contribution in [-0.4, -0.2) is 34.8 Å². The second-order valence-electron chi connectivity index (χ2n) is 8.01. The molecular weight excluding hydrogens is 354 g/mol. The molecule has 26 heavy (non-hydrogen) atoms.